The second-order valence-corrected chi connectivity index (χ2v) is 7.29. The van der Waals surface area contributed by atoms with Crippen LogP contribution in [-0.4, -0.2) is 66.1 Å². The smallest absolute Gasteiger partial charge is 0.475 e. The number of carbonyl (C=O) groups excluding carboxylic acids is 1. The van der Waals surface area contributed by atoms with Gasteiger partial charge in [-0.15, -0.1) is 5.10 Å². The zero-order valence-corrected chi connectivity index (χ0v) is 17.2. The van der Waals surface area contributed by atoms with Crippen LogP contribution in [0.3, 0.4) is 0 Å². The number of benzene rings is 1. The number of carbonyl (C=O) groups is 2. The van der Waals surface area contributed by atoms with E-state index in [-0.39, 0.29) is 11.9 Å². The topological polar surface area (TPSA) is 117 Å². The van der Waals surface area contributed by atoms with Crippen LogP contribution in [0.5, 0.6) is 0 Å². The molecule has 1 aliphatic heterocycles. The van der Waals surface area contributed by atoms with Gasteiger partial charge in [-0.3, -0.25) is 4.79 Å². The van der Waals surface area contributed by atoms with Crippen LogP contribution in [0.4, 0.5) is 13.2 Å². The first-order chi connectivity index (χ1) is 15.1. The third-order valence-corrected chi connectivity index (χ3v) is 4.93. The number of imidazole rings is 1. The van der Waals surface area contributed by atoms with Gasteiger partial charge in [0.1, 0.15) is 5.69 Å². The number of aromatic amines is 1. The van der Waals surface area contributed by atoms with Gasteiger partial charge in [0.15, 0.2) is 5.82 Å². The second kappa shape index (κ2) is 9.81. The normalized spacial score (nSPS) is 14.6. The van der Waals surface area contributed by atoms with Crippen molar-refractivity contribution in [1.29, 1.82) is 0 Å². The van der Waals surface area contributed by atoms with Crippen molar-refractivity contribution in [1.82, 2.24) is 29.9 Å². The molecule has 3 heterocycles. The van der Waals surface area contributed by atoms with Gasteiger partial charge in [0.05, 0.1) is 12.2 Å². The van der Waals surface area contributed by atoms with Gasteiger partial charge in [-0.05, 0) is 25.0 Å². The minimum atomic E-state index is -5.08. The maximum absolute atomic E-state index is 12.3. The zero-order valence-electron chi connectivity index (χ0n) is 16.5. The molecule has 0 radical (unpaired) electrons. The SMILES string of the molecule is O=C(O)C(F)(F)F.O=C(c1ncc[nH]1)N1CCC(n2cc(-c3cccc(Cl)c3)nn2)CC1. The van der Waals surface area contributed by atoms with Crippen molar-refractivity contribution < 1.29 is 27.9 Å². The number of rotatable bonds is 3. The molecule has 0 bridgehead atoms. The fourth-order valence-electron chi connectivity index (χ4n) is 3.10. The molecule has 170 valence electrons. The number of aromatic nitrogens is 5. The maximum atomic E-state index is 12.3. The van der Waals surface area contributed by atoms with Crippen LogP contribution in [0.15, 0.2) is 42.9 Å². The van der Waals surface area contributed by atoms with Crippen molar-refractivity contribution in [2.45, 2.75) is 25.1 Å². The number of halogens is 4. The Hall–Kier alpha value is -3.41. The molecule has 9 nitrogen and oxygen atoms in total. The number of H-pyrrole nitrogens is 1. The van der Waals surface area contributed by atoms with E-state index in [0.717, 1.165) is 24.1 Å². The van der Waals surface area contributed by atoms with Crippen LogP contribution in [0, 0.1) is 0 Å². The number of hydrogen-bond donors (Lipinski definition) is 2. The third-order valence-electron chi connectivity index (χ3n) is 4.70. The molecule has 1 fully saturated rings. The molecule has 4 rings (SSSR count). The van der Waals surface area contributed by atoms with Gasteiger partial charge in [0.2, 0.25) is 0 Å². The Morgan fingerprint density at radius 3 is 2.47 bits per heavy atom. The van der Waals surface area contributed by atoms with Gasteiger partial charge >= 0.3 is 12.1 Å². The van der Waals surface area contributed by atoms with E-state index in [1.165, 1.54) is 0 Å². The van der Waals surface area contributed by atoms with Crippen LogP contribution < -0.4 is 0 Å². The molecule has 1 aromatic carbocycles. The number of amides is 1. The summed E-state index contributed by atoms with van der Waals surface area (Å²) in [5, 5.41) is 16.3. The summed E-state index contributed by atoms with van der Waals surface area (Å²) in [6.07, 6.45) is 1.79. The van der Waals surface area contributed by atoms with Gasteiger partial charge in [0.25, 0.3) is 5.91 Å². The summed E-state index contributed by atoms with van der Waals surface area (Å²) in [7, 11) is 0. The lowest BCUT2D eigenvalue weighted by Gasteiger charge is -2.31. The first-order valence-corrected chi connectivity index (χ1v) is 9.79. The molecule has 0 aliphatic carbocycles. The number of nitrogens with one attached hydrogen (secondary N) is 1. The Labute approximate surface area is 184 Å². The molecule has 32 heavy (non-hydrogen) atoms. The van der Waals surface area contributed by atoms with Crippen molar-refractivity contribution in [3.05, 3.63) is 53.7 Å². The number of carboxylic acids is 1. The Balaban J connectivity index is 0.000000360. The number of alkyl halides is 3. The fourth-order valence-corrected chi connectivity index (χ4v) is 3.29. The fraction of sp³-hybridized carbons (Fsp3) is 0.316. The van der Waals surface area contributed by atoms with Gasteiger partial charge < -0.3 is 15.0 Å². The van der Waals surface area contributed by atoms with Crippen molar-refractivity contribution in [2.24, 2.45) is 0 Å². The largest absolute Gasteiger partial charge is 0.490 e. The number of nitrogens with zero attached hydrogens (tertiary/aromatic N) is 5. The van der Waals surface area contributed by atoms with Crippen LogP contribution in [0.2, 0.25) is 5.02 Å². The monoisotopic (exact) mass is 470 g/mol. The Morgan fingerprint density at radius 2 is 1.91 bits per heavy atom. The quantitative estimate of drug-likeness (QED) is 0.605. The number of carboxylic acid groups (broad SMARTS) is 1. The van der Waals surface area contributed by atoms with E-state index in [1.807, 2.05) is 40.0 Å². The Kier molecular flexibility index (Phi) is 7.13. The van der Waals surface area contributed by atoms with Gasteiger partial charge in [-0.2, -0.15) is 13.2 Å². The lowest BCUT2D eigenvalue weighted by Crippen LogP contribution is -2.39. The first kappa shape index (κ1) is 23.3. The van der Waals surface area contributed by atoms with E-state index in [4.69, 9.17) is 21.5 Å². The molecule has 3 aromatic rings. The molecule has 0 saturated carbocycles. The van der Waals surface area contributed by atoms with E-state index in [1.54, 1.807) is 12.4 Å². The average molecular weight is 471 g/mol. The zero-order chi connectivity index (χ0) is 23.3. The number of hydrogen-bond acceptors (Lipinski definition) is 5. The summed E-state index contributed by atoms with van der Waals surface area (Å²) >= 11 is 6.04. The Bertz CT molecular complexity index is 1060. The summed E-state index contributed by atoms with van der Waals surface area (Å²) < 4.78 is 33.6. The molecule has 2 aromatic heterocycles. The minimum absolute atomic E-state index is 0.0540. The van der Waals surface area contributed by atoms with E-state index in [0.29, 0.717) is 23.9 Å². The molecule has 2 N–H and O–H groups in total. The maximum Gasteiger partial charge on any atom is 0.490 e. The molecule has 0 unspecified atom stereocenters. The van der Waals surface area contributed by atoms with E-state index in [9.17, 15) is 18.0 Å². The van der Waals surface area contributed by atoms with Gasteiger partial charge in [-0.1, -0.05) is 28.9 Å². The highest BCUT2D eigenvalue weighted by atomic mass is 35.5. The van der Waals surface area contributed by atoms with Crippen molar-refractivity contribution in [3.8, 4) is 11.3 Å². The summed E-state index contributed by atoms with van der Waals surface area (Å²) in [5.74, 6) is -2.42. The molecular formula is C19H18ClF3N6O3. The van der Waals surface area contributed by atoms with E-state index in [2.05, 4.69) is 20.3 Å². The predicted octanol–water partition coefficient (Wildman–Crippen LogP) is 3.43. The molecular weight excluding hydrogens is 453 g/mol. The molecule has 1 amide bonds. The summed E-state index contributed by atoms with van der Waals surface area (Å²) in [6, 6.07) is 7.81. The highest BCUT2D eigenvalue weighted by Gasteiger charge is 2.38. The van der Waals surface area contributed by atoms with E-state index < -0.39 is 12.1 Å². The molecule has 13 heteroatoms. The van der Waals surface area contributed by atoms with Crippen molar-refractivity contribution in [3.63, 3.8) is 0 Å². The van der Waals surface area contributed by atoms with Crippen LogP contribution >= 0.6 is 11.6 Å². The van der Waals surface area contributed by atoms with Gasteiger partial charge in [0, 0.05) is 36.1 Å². The highest BCUT2D eigenvalue weighted by Crippen LogP contribution is 2.25. The third kappa shape index (κ3) is 5.84. The highest BCUT2D eigenvalue weighted by molar-refractivity contribution is 6.30. The predicted molar refractivity (Wildman–Crippen MR) is 107 cm³/mol. The second-order valence-electron chi connectivity index (χ2n) is 6.86. The summed E-state index contributed by atoms with van der Waals surface area (Å²) in [4.78, 5) is 29.9. The van der Waals surface area contributed by atoms with E-state index >= 15 is 0 Å². The number of aliphatic carboxylic acids is 1. The number of likely N-dealkylation sites (tertiary alicyclic amines) is 1. The summed E-state index contributed by atoms with van der Waals surface area (Å²) in [6.45, 7) is 1.35. The van der Waals surface area contributed by atoms with Crippen LogP contribution in [0.25, 0.3) is 11.3 Å². The van der Waals surface area contributed by atoms with Gasteiger partial charge in [-0.25, -0.2) is 14.5 Å². The standard InChI is InChI=1S/C17H17ClN6O.C2HF3O2/c18-13-3-1-2-12(10-13)15-11-24(22-21-15)14-4-8-23(9-5-14)17(25)16-19-6-7-20-16;3-2(4,5)1(6)7/h1-3,6-7,10-11,14H,4-5,8-9H2,(H,19,20);(H,6,7). The average Bonchev–Trinajstić information content (AvgIpc) is 3.46. The van der Waals surface area contributed by atoms with Crippen LogP contribution in [-0.2, 0) is 4.79 Å². The molecule has 1 saturated heterocycles. The molecule has 0 atom stereocenters. The lowest BCUT2D eigenvalue weighted by atomic mass is 10.1. The molecule has 1 aliphatic rings. The minimum Gasteiger partial charge on any atom is -0.475 e. The number of piperidine rings is 1. The first-order valence-electron chi connectivity index (χ1n) is 9.41. The molecule has 0 spiro atoms. The van der Waals surface area contributed by atoms with Crippen LogP contribution in [0.1, 0.15) is 29.5 Å². The van der Waals surface area contributed by atoms with Crippen molar-refractivity contribution >= 4 is 23.5 Å². The Morgan fingerprint density at radius 1 is 1.22 bits per heavy atom. The summed E-state index contributed by atoms with van der Waals surface area (Å²) in [5.41, 5.74) is 1.75. The van der Waals surface area contributed by atoms with Crippen molar-refractivity contribution in [2.75, 3.05) is 13.1 Å². The lowest BCUT2D eigenvalue weighted by molar-refractivity contribution is -0.192.